The molecule has 0 aromatic heterocycles. The van der Waals surface area contributed by atoms with Crippen LogP contribution in [-0.4, -0.2) is 38.6 Å². The number of fused-ring (bicyclic) bond motifs is 1. The minimum atomic E-state index is -1.38. The molecule has 2 aliphatic rings. The number of aliphatic hydroxyl groups is 2. The van der Waals surface area contributed by atoms with Gasteiger partial charge in [-0.15, -0.1) is 0 Å². The fourth-order valence-corrected chi connectivity index (χ4v) is 3.48. The molecule has 0 bridgehead atoms. The van der Waals surface area contributed by atoms with Gasteiger partial charge in [-0.25, -0.2) is 4.99 Å². The van der Waals surface area contributed by atoms with Crippen LogP contribution in [0.1, 0.15) is 32.6 Å². The van der Waals surface area contributed by atoms with Gasteiger partial charge in [0.1, 0.15) is 0 Å². The van der Waals surface area contributed by atoms with Crippen molar-refractivity contribution in [3.63, 3.8) is 0 Å². The first-order valence-electron chi connectivity index (χ1n) is 5.71. The fraction of sp³-hybridized carbons (Fsp3) is 0.900. The number of nitrogens with one attached hydrogen (secondary N) is 1. The molecule has 1 fully saturated rings. The number of rotatable bonds is 3. The van der Waals surface area contributed by atoms with Crippen LogP contribution in [0.5, 0.6) is 0 Å². The zero-order valence-corrected chi connectivity index (χ0v) is 10.3. The average Bonchev–Trinajstić information content (AvgIpc) is 2.43. The maximum atomic E-state index is 10.4. The molecule has 0 spiro atoms. The molecule has 92 valence electrons. The molecular weight excluding hydrogens is 226 g/mol. The van der Waals surface area contributed by atoms with E-state index in [2.05, 4.69) is 17.2 Å². The first-order valence-corrected chi connectivity index (χ1v) is 6.53. The summed E-state index contributed by atoms with van der Waals surface area (Å²) < 4.78 is 0. The van der Waals surface area contributed by atoms with Gasteiger partial charge in [0.05, 0.1) is 0 Å². The van der Waals surface area contributed by atoms with Crippen molar-refractivity contribution < 1.29 is 10.2 Å². The van der Waals surface area contributed by atoms with Gasteiger partial charge in [0.2, 0.25) is 0 Å². The van der Waals surface area contributed by atoms with Crippen LogP contribution >= 0.6 is 11.8 Å². The van der Waals surface area contributed by atoms with Crippen LogP contribution < -0.4 is 11.1 Å². The normalized spacial score (nSPS) is 42.9. The van der Waals surface area contributed by atoms with Crippen molar-refractivity contribution in [3.05, 3.63) is 0 Å². The summed E-state index contributed by atoms with van der Waals surface area (Å²) in [4.78, 5) is 2.71. The van der Waals surface area contributed by atoms with E-state index >= 15 is 0 Å². The van der Waals surface area contributed by atoms with Crippen molar-refractivity contribution in [2.75, 3.05) is 6.54 Å². The van der Waals surface area contributed by atoms with Crippen molar-refractivity contribution in [2.45, 2.75) is 49.3 Å². The maximum absolute atomic E-state index is 10.4. The monoisotopic (exact) mass is 245 g/mol. The van der Waals surface area contributed by atoms with Gasteiger partial charge >= 0.3 is 0 Å². The lowest BCUT2D eigenvalue weighted by atomic mass is 9.85. The lowest BCUT2D eigenvalue weighted by Gasteiger charge is -2.42. The highest BCUT2D eigenvalue weighted by Gasteiger charge is 2.58. The number of aliphatic imine (C=N–C) groups is 1. The Labute approximate surface area is 99.5 Å². The molecule has 3 atom stereocenters. The minimum Gasteiger partial charge on any atom is -0.378 e. The molecule has 1 aliphatic carbocycles. The Morgan fingerprint density at radius 1 is 1.62 bits per heavy atom. The average molecular weight is 245 g/mol. The van der Waals surface area contributed by atoms with E-state index in [1.165, 1.54) is 0 Å². The lowest BCUT2D eigenvalue weighted by Crippen LogP contribution is -2.56. The van der Waals surface area contributed by atoms with Crippen LogP contribution in [0, 0.1) is 0 Å². The topological polar surface area (TPSA) is 90.9 Å². The molecule has 0 aromatic rings. The molecule has 1 aliphatic heterocycles. The van der Waals surface area contributed by atoms with Gasteiger partial charge in [-0.05, 0) is 31.1 Å². The van der Waals surface area contributed by atoms with Gasteiger partial charge < -0.3 is 21.3 Å². The van der Waals surface area contributed by atoms with Crippen molar-refractivity contribution >= 4 is 16.9 Å². The van der Waals surface area contributed by atoms with E-state index in [9.17, 15) is 10.2 Å². The Morgan fingerprint density at radius 3 is 3.06 bits per heavy atom. The van der Waals surface area contributed by atoms with Crippen LogP contribution in [0.4, 0.5) is 0 Å². The molecule has 0 radical (unpaired) electrons. The maximum Gasteiger partial charge on any atom is 0.197 e. The SMILES string of the molecule is CCCNC1CC[C@]2(O)N=C(N)S[C@]2(O)C1. The molecule has 0 aromatic carbocycles. The second kappa shape index (κ2) is 4.18. The molecule has 1 unspecified atom stereocenters. The Kier molecular flexibility index (Phi) is 3.18. The highest BCUT2D eigenvalue weighted by atomic mass is 32.2. The Balaban J connectivity index is 2.04. The number of nitrogens with zero attached hydrogens (tertiary/aromatic N) is 1. The summed E-state index contributed by atoms with van der Waals surface area (Å²) >= 11 is 1.08. The molecule has 0 amide bonds. The lowest BCUT2D eigenvalue weighted by molar-refractivity contribution is -0.117. The zero-order valence-electron chi connectivity index (χ0n) is 9.44. The summed E-state index contributed by atoms with van der Waals surface area (Å²) in [6, 6.07) is 0.235. The van der Waals surface area contributed by atoms with Gasteiger partial charge in [-0.2, -0.15) is 0 Å². The standard InChI is InChI=1S/C10H19N3O2S/c1-2-5-12-7-3-4-9(14)10(15,6-7)16-8(11)13-9/h7,12,14-15H,2-6H2,1H3,(H2,11,13)/t7?,9-,10-/m1/s1. The third kappa shape index (κ3) is 1.95. The largest absolute Gasteiger partial charge is 0.378 e. The Bertz CT molecular complexity index is 312. The smallest absolute Gasteiger partial charge is 0.197 e. The van der Waals surface area contributed by atoms with Crippen LogP contribution in [0.3, 0.4) is 0 Å². The first kappa shape index (κ1) is 12.2. The molecule has 5 N–H and O–H groups in total. The highest BCUT2D eigenvalue weighted by Crippen LogP contribution is 2.49. The Hall–Kier alpha value is -0.300. The van der Waals surface area contributed by atoms with Crippen molar-refractivity contribution in [1.29, 1.82) is 0 Å². The fourth-order valence-electron chi connectivity index (χ4n) is 2.34. The number of nitrogens with two attached hydrogens (primary N) is 1. The Morgan fingerprint density at radius 2 is 2.38 bits per heavy atom. The number of amidine groups is 1. The van der Waals surface area contributed by atoms with Crippen molar-refractivity contribution in [3.8, 4) is 0 Å². The van der Waals surface area contributed by atoms with E-state index in [4.69, 9.17) is 5.73 Å². The van der Waals surface area contributed by atoms with Gasteiger partial charge in [0, 0.05) is 18.9 Å². The molecule has 1 heterocycles. The molecular formula is C10H19N3O2S. The summed E-state index contributed by atoms with van der Waals surface area (Å²) in [5, 5.41) is 24.3. The summed E-state index contributed by atoms with van der Waals surface area (Å²) in [6.45, 7) is 3.03. The highest BCUT2D eigenvalue weighted by molar-refractivity contribution is 8.15. The third-order valence-electron chi connectivity index (χ3n) is 3.24. The van der Waals surface area contributed by atoms with Crippen LogP contribution in [-0.2, 0) is 0 Å². The summed E-state index contributed by atoms with van der Waals surface area (Å²) in [5.41, 5.74) is 4.20. The van der Waals surface area contributed by atoms with Crippen LogP contribution in [0.15, 0.2) is 4.99 Å². The van der Waals surface area contributed by atoms with Crippen LogP contribution in [0.25, 0.3) is 0 Å². The van der Waals surface area contributed by atoms with E-state index in [1.807, 2.05) is 0 Å². The zero-order chi connectivity index (χ0) is 11.8. The van der Waals surface area contributed by atoms with Gasteiger partial charge in [0.15, 0.2) is 15.8 Å². The second-order valence-corrected chi connectivity index (χ2v) is 5.84. The summed E-state index contributed by atoms with van der Waals surface area (Å²) in [5.74, 6) is 0. The van der Waals surface area contributed by atoms with Crippen molar-refractivity contribution in [1.82, 2.24) is 5.32 Å². The third-order valence-corrected chi connectivity index (χ3v) is 4.37. The summed E-state index contributed by atoms with van der Waals surface area (Å²) in [6.07, 6.45) is 2.82. The molecule has 5 nitrogen and oxygen atoms in total. The molecule has 2 rings (SSSR count). The quantitative estimate of drug-likeness (QED) is 0.561. The number of thioether (sulfide) groups is 1. The minimum absolute atomic E-state index is 0.235. The predicted octanol–water partition coefficient (Wildman–Crippen LogP) is -0.0228. The predicted molar refractivity (Wildman–Crippen MR) is 65.0 cm³/mol. The molecule has 6 heteroatoms. The van der Waals surface area contributed by atoms with E-state index in [1.54, 1.807) is 0 Å². The van der Waals surface area contributed by atoms with Crippen LogP contribution in [0.2, 0.25) is 0 Å². The van der Waals surface area contributed by atoms with Gasteiger partial charge in [0.25, 0.3) is 0 Å². The van der Waals surface area contributed by atoms with E-state index in [0.29, 0.717) is 12.8 Å². The van der Waals surface area contributed by atoms with E-state index in [0.717, 1.165) is 31.1 Å². The second-order valence-electron chi connectivity index (χ2n) is 4.55. The van der Waals surface area contributed by atoms with Gasteiger partial charge in [-0.1, -0.05) is 6.92 Å². The van der Waals surface area contributed by atoms with E-state index in [-0.39, 0.29) is 11.2 Å². The van der Waals surface area contributed by atoms with Gasteiger partial charge in [-0.3, -0.25) is 0 Å². The molecule has 1 saturated carbocycles. The summed E-state index contributed by atoms with van der Waals surface area (Å²) in [7, 11) is 0. The number of hydrogen-bond donors (Lipinski definition) is 4. The van der Waals surface area contributed by atoms with E-state index < -0.39 is 10.7 Å². The van der Waals surface area contributed by atoms with Crippen molar-refractivity contribution in [2.24, 2.45) is 10.7 Å². The number of hydrogen-bond acceptors (Lipinski definition) is 6. The molecule has 16 heavy (non-hydrogen) atoms. The molecule has 0 saturated heterocycles. The first-order chi connectivity index (χ1) is 7.49.